The SMILES string of the molecule is O=C(CC[C@@H]1NC(=O)NC1=O)NCc1cc2c(s1)CCCC2. The van der Waals surface area contributed by atoms with Crippen LogP contribution in [-0.2, 0) is 29.0 Å². The van der Waals surface area contributed by atoms with Crippen molar-refractivity contribution in [1.82, 2.24) is 16.0 Å². The highest BCUT2D eigenvalue weighted by molar-refractivity contribution is 7.12. The molecule has 6 nitrogen and oxygen atoms in total. The van der Waals surface area contributed by atoms with Crippen molar-refractivity contribution in [2.45, 2.75) is 51.1 Å². The van der Waals surface area contributed by atoms with Gasteiger partial charge in [-0.2, -0.15) is 0 Å². The van der Waals surface area contributed by atoms with Crippen molar-refractivity contribution in [2.75, 3.05) is 0 Å². The van der Waals surface area contributed by atoms with Crippen LogP contribution in [0.5, 0.6) is 0 Å². The molecule has 1 atom stereocenters. The van der Waals surface area contributed by atoms with Gasteiger partial charge in [0, 0.05) is 16.2 Å². The van der Waals surface area contributed by atoms with Crippen LogP contribution in [0.15, 0.2) is 6.07 Å². The number of imide groups is 1. The summed E-state index contributed by atoms with van der Waals surface area (Å²) >= 11 is 1.79. The predicted octanol–water partition coefficient (Wildman–Crippen LogP) is 1.23. The van der Waals surface area contributed by atoms with Gasteiger partial charge in [0.05, 0.1) is 6.54 Å². The topological polar surface area (TPSA) is 87.3 Å². The van der Waals surface area contributed by atoms with Crippen molar-refractivity contribution < 1.29 is 14.4 Å². The molecule has 3 N–H and O–H groups in total. The van der Waals surface area contributed by atoms with Crippen LogP contribution >= 0.6 is 11.3 Å². The van der Waals surface area contributed by atoms with Gasteiger partial charge in [0.15, 0.2) is 0 Å². The van der Waals surface area contributed by atoms with Gasteiger partial charge in [-0.1, -0.05) is 0 Å². The highest BCUT2D eigenvalue weighted by Crippen LogP contribution is 2.29. The van der Waals surface area contributed by atoms with Crippen molar-refractivity contribution >= 4 is 29.2 Å². The van der Waals surface area contributed by atoms with Gasteiger partial charge in [-0.05, 0) is 43.7 Å². The molecule has 4 amide bonds. The maximum atomic E-state index is 11.9. The normalized spacial score (nSPS) is 20.3. The summed E-state index contributed by atoms with van der Waals surface area (Å²) < 4.78 is 0. The number of aryl methyl sites for hydroxylation is 2. The third-order valence-corrected chi connectivity index (χ3v) is 5.26. The first kappa shape index (κ1) is 15.0. The average molecular weight is 321 g/mol. The lowest BCUT2D eigenvalue weighted by Gasteiger charge is -2.08. The Hall–Kier alpha value is -1.89. The van der Waals surface area contributed by atoms with E-state index in [1.165, 1.54) is 28.2 Å². The first-order chi connectivity index (χ1) is 10.6. The van der Waals surface area contributed by atoms with Gasteiger partial charge >= 0.3 is 6.03 Å². The molecular formula is C15H19N3O3S. The largest absolute Gasteiger partial charge is 0.351 e. The number of rotatable bonds is 5. The molecule has 3 rings (SSSR count). The number of carbonyl (C=O) groups is 3. The molecule has 1 aliphatic heterocycles. The summed E-state index contributed by atoms with van der Waals surface area (Å²) in [6.07, 6.45) is 5.37. The second-order valence-corrected chi connectivity index (χ2v) is 6.92. The summed E-state index contributed by atoms with van der Waals surface area (Å²) in [5.74, 6) is -0.455. The lowest BCUT2D eigenvalue weighted by molar-refractivity contribution is -0.122. The van der Waals surface area contributed by atoms with Gasteiger partial charge in [0.2, 0.25) is 5.91 Å². The lowest BCUT2D eigenvalue weighted by atomic mass is 9.99. The minimum atomic E-state index is -0.590. The molecule has 0 saturated carbocycles. The van der Waals surface area contributed by atoms with Crippen molar-refractivity contribution in [3.63, 3.8) is 0 Å². The van der Waals surface area contributed by atoms with E-state index in [1.54, 1.807) is 11.3 Å². The molecule has 0 radical (unpaired) electrons. The first-order valence-corrected chi connectivity index (χ1v) is 8.42. The van der Waals surface area contributed by atoms with Gasteiger partial charge in [0.25, 0.3) is 5.91 Å². The maximum Gasteiger partial charge on any atom is 0.322 e. The van der Waals surface area contributed by atoms with Crippen LogP contribution in [0.2, 0.25) is 0 Å². The van der Waals surface area contributed by atoms with Crippen LogP contribution in [0.25, 0.3) is 0 Å². The number of amides is 4. The van der Waals surface area contributed by atoms with E-state index in [2.05, 4.69) is 22.0 Å². The Morgan fingerprint density at radius 1 is 1.32 bits per heavy atom. The second-order valence-electron chi connectivity index (χ2n) is 5.70. The van der Waals surface area contributed by atoms with Crippen LogP contribution < -0.4 is 16.0 Å². The van der Waals surface area contributed by atoms with Gasteiger partial charge in [0.1, 0.15) is 6.04 Å². The van der Waals surface area contributed by atoms with Gasteiger partial charge in [-0.15, -0.1) is 11.3 Å². The fourth-order valence-electron chi connectivity index (χ4n) is 2.85. The summed E-state index contributed by atoms with van der Waals surface area (Å²) in [7, 11) is 0. The molecule has 22 heavy (non-hydrogen) atoms. The smallest absolute Gasteiger partial charge is 0.322 e. The fraction of sp³-hybridized carbons (Fsp3) is 0.533. The van der Waals surface area contributed by atoms with Crippen molar-refractivity contribution in [3.05, 3.63) is 21.4 Å². The average Bonchev–Trinajstić information content (AvgIpc) is 3.05. The molecule has 1 aromatic heterocycles. The molecule has 2 aliphatic rings. The lowest BCUT2D eigenvalue weighted by Crippen LogP contribution is -2.31. The maximum absolute atomic E-state index is 11.9. The van der Waals surface area contributed by atoms with Crippen molar-refractivity contribution in [3.8, 4) is 0 Å². The number of hydrogen-bond acceptors (Lipinski definition) is 4. The molecule has 2 heterocycles. The molecule has 0 bridgehead atoms. The molecule has 7 heteroatoms. The molecular weight excluding hydrogens is 302 g/mol. The number of urea groups is 1. The third-order valence-electron chi connectivity index (χ3n) is 4.03. The van der Waals surface area contributed by atoms with E-state index in [9.17, 15) is 14.4 Å². The second kappa shape index (κ2) is 6.48. The summed E-state index contributed by atoms with van der Waals surface area (Å²) in [5, 5.41) is 7.53. The summed E-state index contributed by atoms with van der Waals surface area (Å²) in [6.45, 7) is 0.541. The van der Waals surface area contributed by atoms with Gasteiger partial charge in [-0.3, -0.25) is 14.9 Å². The number of thiophene rings is 1. The molecule has 1 aliphatic carbocycles. The van der Waals surface area contributed by atoms with Gasteiger partial charge < -0.3 is 10.6 Å². The van der Waals surface area contributed by atoms with Crippen LogP contribution in [0, 0.1) is 0 Å². The quantitative estimate of drug-likeness (QED) is 0.713. The zero-order valence-electron chi connectivity index (χ0n) is 12.2. The van der Waals surface area contributed by atoms with Crippen LogP contribution in [0.3, 0.4) is 0 Å². The van der Waals surface area contributed by atoms with Crippen molar-refractivity contribution in [1.29, 1.82) is 0 Å². The Kier molecular flexibility index (Phi) is 4.42. The van der Waals surface area contributed by atoms with Gasteiger partial charge in [-0.25, -0.2) is 4.79 Å². The molecule has 0 unspecified atom stereocenters. The number of nitrogens with one attached hydrogen (secondary N) is 3. The van der Waals surface area contributed by atoms with E-state index < -0.39 is 12.1 Å². The minimum Gasteiger partial charge on any atom is -0.351 e. The molecule has 118 valence electrons. The van der Waals surface area contributed by atoms with E-state index in [4.69, 9.17) is 0 Å². The van der Waals surface area contributed by atoms with E-state index in [0.717, 1.165) is 12.8 Å². The van der Waals surface area contributed by atoms with Crippen molar-refractivity contribution in [2.24, 2.45) is 0 Å². The Labute approximate surface area is 132 Å². The summed E-state index contributed by atoms with van der Waals surface area (Å²) in [5.41, 5.74) is 1.44. The highest BCUT2D eigenvalue weighted by atomic mass is 32.1. The predicted molar refractivity (Wildman–Crippen MR) is 82.5 cm³/mol. The van der Waals surface area contributed by atoms with Crippen LogP contribution in [-0.4, -0.2) is 23.9 Å². The fourth-order valence-corrected chi connectivity index (χ4v) is 4.05. The number of fused-ring (bicyclic) bond motifs is 1. The molecule has 1 fully saturated rings. The Morgan fingerprint density at radius 2 is 2.14 bits per heavy atom. The standard InChI is InChI=1S/C15H19N3O3S/c19-13(6-5-11-14(20)18-15(21)17-11)16-8-10-7-9-3-1-2-4-12(9)22-10/h7,11H,1-6,8H2,(H,16,19)(H2,17,18,20,21)/t11-/m0/s1. The molecule has 0 aromatic carbocycles. The zero-order chi connectivity index (χ0) is 15.5. The zero-order valence-corrected chi connectivity index (χ0v) is 13.1. The number of hydrogen-bond donors (Lipinski definition) is 3. The molecule has 1 aromatic rings. The molecule has 1 saturated heterocycles. The summed E-state index contributed by atoms with van der Waals surface area (Å²) in [6, 6.07) is 1.12. The van der Waals surface area contributed by atoms with E-state index in [0.29, 0.717) is 13.0 Å². The third kappa shape index (κ3) is 3.47. The Bertz CT molecular complexity index is 588. The number of carbonyl (C=O) groups excluding carboxylic acids is 3. The molecule has 0 spiro atoms. The Morgan fingerprint density at radius 3 is 2.86 bits per heavy atom. The minimum absolute atomic E-state index is 0.0969. The highest BCUT2D eigenvalue weighted by Gasteiger charge is 2.29. The van der Waals surface area contributed by atoms with E-state index >= 15 is 0 Å². The summed E-state index contributed by atoms with van der Waals surface area (Å²) in [4.78, 5) is 36.8. The van der Waals surface area contributed by atoms with E-state index in [1.807, 2.05) is 0 Å². The van der Waals surface area contributed by atoms with E-state index in [-0.39, 0.29) is 18.2 Å². The van der Waals surface area contributed by atoms with Crippen LogP contribution in [0.1, 0.15) is 41.0 Å². The first-order valence-electron chi connectivity index (χ1n) is 7.60. The van der Waals surface area contributed by atoms with Crippen LogP contribution in [0.4, 0.5) is 4.79 Å². The Balaban J connectivity index is 1.43. The monoisotopic (exact) mass is 321 g/mol.